The highest BCUT2D eigenvalue weighted by Gasteiger charge is 2.31. The Morgan fingerprint density at radius 3 is 2.58 bits per heavy atom. The van der Waals surface area contributed by atoms with Gasteiger partial charge in [0, 0.05) is 43.4 Å². The molecule has 2 amide bonds. The number of carbonyl (C=O) groups is 2. The largest absolute Gasteiger partial charge is 0.496 e. The fourth-order valence-electron chi connectivity index (χ4n) is 3.80. The molecule has 1 fully saturated rings. The van der Waals surface area contributed by atoms with Crippen LogP contribution in [0.3, 0.4) is 0 Å². The lowest BCUT2D eigenvalue weighted by molar-refractivity contribution is -0.384. The highest BCUT2D eigenvalue weighted by atomic mass is 16.6. The monoisotopic (exact) mass is 455 g/mol. The number of nitro benzene ring substituents is 1. The van der Waals surface area contributed by atoms with Crippen molar-refractivity contribution in [3.05, 3.63) is 69.8 Å². The minimum Gasteiger partial charge on any atom is -0.496 e. The molecule has 0 aromatic heterocycles. The van der Waals surface area contributed by atoms with Gasteiger partial charge in [-0.2, -0.15) is 0 Å². The molecule has 176 valence electrons. The predicted octanol–water partition coefficient (Wildman–Crippen LogP) is 3.39. The molecule has 1 saturated heterocycles. The number of morpholine rings is 1. The van der Waals surface area contributed by atoms with E-state index in [4.69, 9.17) is 9.47 Å². The summed E-state index contributed by atoms with van der Waals surface area (Å²) < 4.78 is 11.3. The first-order valence-electron chi connectivity index (χ1n) is 10.9. The van der Waals surface area contributed by atoms with Crippen molar-refractivity contribution in [3.63, 3.8) is 0 Å². The molecule has 33 heavy (non-hydrogen) atoms. The number of hydrogen-bond acceptors (Lipinski definition) is 6. The van der Waals surface area contributed by atoms with E-state index in [0.29, 0.717) is 43.1 Å². The van der Waals surface area contributed by atoms with Crippen LogP contribution in [0, 0.1) is 10.1 Å². The lowest BCUT2D eigenvalue weighted by atomic mass is 10.1. The maximum atomic E-state index is 13.4. The third kappa shape index (κ3) is 5.67. The molecule has 1 aliphatic heterocycles. The molecule has 2 aromatic rings. The summed E-state index contributed by atoms with van der Waals surface area (Å²) in [7, 11) is 1.53. The molecule has 0 radical (unpaired) electrons. The molecule has 0 spiro atoms. The van der Waals surface area contributed by atoms with Gasteiger partial charge in [-0.3, -0.25) is 19.7 Å². The molecular weight excluding hydrogens is 426 g/mol. The van der Waals surface area contributed by atoms with Crippen LogP contribution in [0.5, 0.6) is 5.75 Å². The van der Waals surface area contributed by atoms with Gasteiger partial charge in [-0.05, 0) is 37.6 Å². The molecule has 1 heterocycles. The van der Waals surface area contributed by atoms with E-state index in [2.05, 4.69) is 0 Å². The Morgan fingerprint density at radius 2 is 1.94 bits per heavy atom. The van der Waals surface area contributed by atoms with Gasteiger partial charge in [-0.25, -0.2) is 0 Å². The number of carbonyl (C=O) groups excluding carboxylic acids is 2. The van der Waals surface area contributed by atoms with Gasteiger partial charge in [0.2, 0.25) is 0 Å². The number of methoxy groups -OCH3 is 1. The zero-order chi connectivity index (χ0) is 24.0. The third-order valence-electron chi connectivity index (χ3n) is 5.87. The van der Waals surface area contributed by atoms with E-state index < -0.39 is 4.92 Å². The van der Waals surface area contributed by atoms with Crippen LogP contribution in [0.4, 0.5) is 5.69 Å². The lowest BCUT2D eigenvalue weighted by Gasteiger charge is -2.37. The highest BCUT2D eigenvalue weighted by molar-refractivity contribution is 5.97. The number of para-hydroxylation sites is 1. The molecular formula is C24H29N3O6. The van der Waals surface area contributed by atoms with Crippen molar-refractivity contribution in [1.29, 1.82) is 0 Å². The lowest BCUT2D eigenvalue weighted by Crippen LogP contribution is -2.52. The predicted molar refractivity (Wildman–Crippen MR) is 123 cm³/mol. The SMILES string of the molecule is CC[C@H](C)N(C[C@@H]1CN(C(=O)c2ccc([N+](=O)[O-])cc2)CCO1)C(=O)c1ccccc1OC. The van der Waals surface area contributed by atoms with Gasteiger partial charge in [-0.15, -0.1) is 0 Å². The Hall–Kier alpha value is -3.46. The number of rotatable bonds is 8. The first-order valence-corrected chi connectivity index (χ1v) is 10.9. The number of ether oxygens (including phenoxy) is 2. The van der Waals surface area contributed by atoms with Gasteiger partial charge in [0.15, 0.2) is 0 Å². The minimum absolute atomic E-state index is 0.0354. The van der Waals surface area contributed by atoms with E-state index in [1.807, 2.05) is 19.9 Å². The van der Waals surface area contributed by atoms with Crippen molar-refractivity contribution < 1.29 is 24.0 Å². The number of benzene rings is 2. The number of nitrogens with zero attached hydrogens (tertiary/aromatic N) is 3. The van der Waals surface area contributed by atoms with Crippen LogP contribution in [-0.4, -0.2) is 72.0 Å². The van der Waals surface area contributed by atoms with Crippen molar-refractivity contribution in [2.45, 2.75) is 32.4 Å². The third-order valence-corrected chi connectivity index (χ3v) is 5.87. The van der Waals surface area contributed by atoms with E-state index in [0.717, 1.165) is 6.42 Å². The van der Waals surface area contributed by atoms with Crippen molar-refractivity contribution in [1.82, 2.24) is 9.80 Å². The van der Waals surface area contributed by atoms with Crippen molar-refractivity contribution >= 4 is 17.5 Å². The summed E-state index contributed by atoms with van der Waals surface area (Å²) in [5.41, 5.74) is 0.797. The summed E-state index contributed by atoms with van der Waals surface area (Å²) in [5.74, 6) is 0.143. The van der Waals surface area contributed by atoms with E-state index in [1.54, 1.807) is 28.0 Å². The first kappa shape index (κ1) is 24.2. The average molecular weight is 456 g/mol. The Balaban J connectivity index is 1.73. The minimum atomic E-state index is -0.499. The fraction of sp³-hybridized carbons (Fsp3) is 0.417. The zero-order valence-corrected chi connectivity index (χ0v) is 19.1. The smallest absolute Gasteiger partial charge is 0.269 e. The first-order chi connectivity index (χ1) is 15.8. The molecule has 9 heteroatoms. The van der Waals surface area contributed by atoms with E-state index >= 15 is 0 Å². The average Bonchev–Trinajstić information content (AvgIpc) is 2.86. The molecule has 0 unspecified atom stereocenters. The molecule has 0 saturated carbocycles. The van der Waals surface area contributed by atoms with Crippen molar-refractivity contribution in [2.75, 3.05) is 33.4 Å². The van der Waals surface area contributed by atoms with Crippen LogP contribution in [0.15, 0.2) is 48.5 Å². The second-order valence-corrected chi connectivity index (χ2v) is 7.96. The zero-order valence-electron chi connectivity index (χ0n) is 19.1. The summed E-state index contributed by atoms with van der Waals surface area (Å²) in [4.78, 5) is 40.1. The van der Waals surface area contributed by atoms with Gasteiger partial charge in [0.05, 0.1) is 30.3 Å². The summed E-state index contributed by atoms with van der Waals surface area (Å²) in [6, 6.07) is 12.6. The number of amides is 2. The van der Waals surface area contributed by atoms with Gasteiger partial charge in [0.1, 0.15) is 5.75 Å². The topological polar surface area (TPSA) is 102 Å². The quantitative estimate of drug-likeness (QED) is 0.447. The second kappa shape index (κ2) is 10.9. The fourth-order valence-corrected chi connectivity index (χ4v) is 3.80. The standard InChI is InChI=1S/C24H29N3O6/c1-4-17(2)26(24(29)21-7-5-6-8-22(21)32-3)16-20-15-25(13-14-33-20)23(28)18-9-11-19(12-10-18)27(30)31/h5-12,17,20H,4,13-16H2,1-3H3/t17-,20-/m0/s1. The van der Waals surface area contributed by atoms with Gasteiger partial charge >= 0.3 is 0 Å². The maximum Gasteiger partial charge on any atom is 0.269 e. The maximum absolute atomic E-state index is 13.4. The van der Waals surface area contributed by atoms with Crippen molar-refractivity contribution in [2.24, 2.45) is 0 Å². The molecule has 2 atom stereocenters. The second-order valence-electron chi connectivity index (χ2n) is 7.96. The van der Waals surface area contributed by atoms with E-state index in [1.165, 1.54) is 31.4 Å². The molecule has 2 aromatic carbocycles. The van der Waals surface area contributed by atoms with Crippen LogP contribution >= 0.6 is 0 Å². The van der Waals surface area contributed by atoms with Crippen LogP contribution in [-0.2, 0) is 4.74 Å². The summed E-state index contributed by atoms with van der Waals surface area (Å²) in [5, 5.41) is 10.9. The summed E-state index contributed by atoms with van der Waals surface area (Å²) in [6.45, 7) is 5.41. The van der Waals surface area contributed by atoms with Crippen LogP contribution in [0.1, 0.15) is 41.0 Å². The molecule has 0 N–H and O–H groups in total. The Morgan fingerprint density at radius 1 is 1.24 bits per heavy atom. The Kier molecular flexibility index (Phi) is 8.00. The number of nitro groups is 1. The molecule has 0 aliphatic carbocycles. The van der Waals surface area contributed by atoms with Crippen LogP contribution < -0.4 is 4.74 Å². The van der Waals surface area contributed by atoms with E-state index in [-0.39, 0.29) is 29.6 Å². The highest BCUT2D eigenvalue weighted by Crippen LogP contribution is 2.23. The normalized spacial score (nSPS) is 16.7. The van der Waals surface area contributed by atoms with Crippen LogP contribution in [0.25, 0.3) is 0 Å². The summed E-state index contributed by atoms with van der Waals surface area (Å²) >= 11 is 0. The van der Waals surface area contributed by atoms with Gasteiger partial charge in [0.25, 0.3) is 17.5 Å². The van der Waals surface area contributed by atoms with Gasteiger partial charge in [-0.1, -0.05) is 19.1 Å². The van der Waals surface area contributed by atoms with Gasteiger partial charge < -0.3 is 19.3 Å². The summed E-state index contributed by atoms with van der Waals surface area (Å²) in [6.07, 6.45) is 0.410. The van der Waals surface area contributed by atoms with E-state index in [9.17, 15) is 19.7 Å². The molecule has 3 rings (SSSR count). The van der Waals surface area contributed by atoms with Crippen LogP contribution in [0.2, 0.25) is 0 Å². The molecule has 1 aliphatic rings. The number of non-ortho nitro benzene ring substituents is 1. The number of hydrogen-bond donors (Lipinski definition) is 0. The Labute approximate surface area is 193 Å². The Bertz CT molecular complexity index is 994. The molecule has 9 nitrogen and oxygen atoms in total. The molecule has 0 bridgehead atoms. The van der Waals surface area contributed by atoms with Crippen molar-refractivity contribution in [3.8, 4) is 5.75 Å².